The Balaban J connectivity index is 1.37. The Morgan fingerprint density at radius 2 is 1.82 bits per heavy atom. The van der Waals surface area contributed by atoms with E-state index >= 15 is 0 Å². The number of fused-ring (bicyclic) bond motifs is 1. The highest BCUT2D eigenvalue weighted by atomic mass is 32.2. The van der Waals surface area contributed by atoms with Crippen molar-refractivity contribution in [3.8, 4) is 11.2 Å². The van der Waals surface area contributed by atoms with Crippen LogP contribution in [0, 0.1) is 11.3 Å². The summed E-state index contributed by atoms with van der Waals surface area (Å²) in [6, 6.07) is 13.9. The normalized spacial score (nSPS) is 16.9. The maximum atomic E-state index is 13.4. The van der Waals surface area contributed by atoms with Gasteiger partial charge in [-0.3, -0.25) is 4.79 Å². The average molecular weight is 585 g/mol. The molecule has 1 N–H and O–H groups in total. The molecule has 2 aromatic heterocycles. The predicted molar refractivity (Wildman–Crippen MR) is 142 cm³/mol. The van der Waals surface area contributed by atoms with Gasteiger partial charge in [-0.2, -0.15) is 15.1 Å². The van der Waals surface area contributed by atoms with Crippen LogP contribution in [-0.2, 0) is 10.0 Å². The molecule has 1 aliphatic heterocycles. The maximum Gasteiger partial charge on any atom is 0.291 e. The summed E-state index contributed by atoms with van der Waals surface area (Å²) in [6.45, 7) is 1.66. The zero-order valence-corrected chi connectivity index (χ0v) is 22.5. The lowest BCUT2D eigenvalue weighted by molar-refractivity contribution is 0.0747. The molecule has 6 rings (SSSR count). The lowest BCUT2D eigenvalue weighted by Crippen LogP contribution is -2.48. The van der Waals surface area contributed by atoms with Gasteiger partial charge in [0.1, 0.15) is 5.54 Å². The number of halogens is 2. The predicted octanol–water partition coefficient (Wildman–Crippen LogP) is 3.11. The molecule has 1 saturated heterocycles. The first kappa shape index (κ1) is 26.2. The second-order valence-electron chi connectivity index (χ2n) is 9.60. The van der Waals surface area contributed by atoms with Crippen LogP contribution in [0.4, 0.5) is 14.5 Å². The van der Waals surface area contributed by atoms with Crippen molar-refractivity contribution in [3.63, 3.8) is 0 Å². The molecular formula is C25H22F2N8O3S2. The number of hydrogen-bond acceptors (Lipinski definition) is 9. The van der Waals surface area contributed by atoms with Gasteiger partial charge in [0.05, 0.1) is 22.7 Å². The molecular weight excluding hydrogens is 562 g/mol. The lowest BCUT2D eigenvalue weighted by Gasteiger charge is -2.36. The number of hydrogen-bond donors (Lipinski definition) is 1. The van der Waals surface area contributed by atoms with E-state index in [1.54, 1.807) is 29.2 Å². The Kier molecular flexibility index (Phi) is 6.48. The molecule has 2 aliphatic rings. The molecule has 4 aromatic rings. The van der Waals surface area contributed by atoms with Gasteiger partial charge in [-0.1, -0.05) is 29.5 Å². The number of carbonyl (C=O) groups is 1. The van der Waals surface area contributed by atoms with Crippen LogP contribution >= 0.6 is 11.3 Å². The van der Waals surface area contributed by atoms with Crippen LogP contribution in [0.25, 0.3) is 16.0 Å². The molecule has 3 heterocycles. The van der Waals surface area contributed by atoms with Crippen LogP contribution in [0.15, 0.2) is 53.6 Å². The van der Waals surface area contributed by atoms with E-state index in [1.165, 1.54) is 23.0 Å². The van der Waals surface area contributed by atoms with Crippen molar-refractivity contribution in [1.82, 2.24) is 29.6 Å². The molecule has 1 saturated carbocycles. The highest BCUT2D eigenvalue weighted by Crippen LogP contribution is 2.38. The Bertz CT molecular complexity index is 1740. The Labute approximate surface area is 231 Å². The van der Waals surface area contributed by atoms with Gasteiger partial charge in [0.25, 0.3) is 12.3 Å². The molecule has 2 fully saturated rings. The van der Waals surface area contributed by atoms with Gasteiger partial charge >= 0.3 is 0 Å². The summed E-state index contributed by atoms with van der Waals surface area (Å²) in [5.41, 5.74) is 0.338. The first-order valence-corrected chi connectivity index (χ1v) is 14.7. The minimum atomic E-state index is -4.12. The number of alkyl halides is 2. The lowest BCUT2D eigenvalue weighted by atomic mass is 10.1. The van der Waals surface area contributed by atoms with E-state index in [1.807, 2.05) is 17.0 Å². The number of amides is 1. The summed E-state index contributed by atoms with van der Waals surface area (Å²) < 4.78 is 57.0. The number of anilines is 1. The van der Waals surface area contributed by atoms with Gasteiger partial charge < -0.3 is 9.80 Å². The number of aromatic nitrogens is 4. The van der Waals surface area contributed by atoms with E-state index in [0.717, 1.165) is 0 Å². The number of carbonyl (C=O) groups excluding carboxylic acids is 1. The third kappa shape index (κ3) is 4.78. The highest BCUT2D eigenvalue weighted by Gasteiger charge is 2.47. The van der Waals surface area contributed by atoms with Gasteiger partial charge in [-0.15, -0.1) is 10.2 Å². The van der Waals surface area contributed by atoms with Crippen LogP contribution in [0.2, 0.25) is 0 Å². The third-order valence-electron chi connectivity index (χ3n) is 6.97. The summed E-state index contributed by atoms with van der Waals surface area (Å²) in [4.78, 5) is 16.5. The molecule has 1 amide bonds. The number of nitrogens with zero attached hydrogens (tertiary/aromatic N) is 7. The second-order valence-corrected chi connectivity index (χ2v) is 12.3. The van der Waals surface area contributed by atoms with Gasteiger partial charge in [0.2, 0.25) is 15.2 Å². The zero-order chi connectivity index (χ0) is 28.1. The fraction of sp³-hybridized carbons (Fsp3) is 0.320. The molecule has 40 heavy (non-hydrogen) atoms. The van der Waals surface area contributed by atoms with E-state index < -0.39 is 27.0 Å². The summed E-state index contributed by atoms with van der Waals surface area (Å²) in [6.07, 6.45) is -0.459. The third-order valence-corrected chi connectivity index (χ3v) is 9.39. The Morgan fingerprint density at radius 1 is 1.10 bits per heavy atom. The van der Waals surface area contributed by atoms with E-state index in [2.05, 4.69) is 20.0 Å². The summed E-state index contributed by atoms with van der Waals surface area (Å²) in [5, 5.41) is 21.3. The van der Waals surface area contributed by atoms with E-state index in [-0.39, 0.29) is 15.9 Å². The Morgan fingerprint density at radius 3 is 2.45 bits per heavy atom. The Hall–Kier alpha value is -4.00. The topological polar surface area (TPSA) is 137 Å². The fourth-order valence-corrected chi connectivity index (χ4v) is 6.73. The van der Waals surface area contributed by atoms with E-state index in [4.69, 9.17) is 0 Å². The van der Waals surface area contributed by atoms with Gasteiger partial charge in [0.15, 0.2) is 5.01 Å². The molecule has 0 spiro atoms. The summed E-state index contributed by atoms with van der Waals surface area (Å²) in [5.74, 6) is -0.0870. The number of piperazine rings is 1. The van der Waals surface area contributed by atoms with Crippen LogP contribution in [0.1, 0.15) is 34.6 Å². The van der Waals surface area contributed by atoms with Crippen LogP contribution in [0.3, 0.4) is 0 Å². The molecule has 0 atom stereocenters. The van der Waals surface area contributed by atoms with Crippen molar-refractivity contribution in [3.05, 3.63) is 59.2 Å². The molecule has 0 unspecified atom stereocenters. The number of rotatable bonds is 7. The zero-order valence-electron chi connectivity index (χ0n) is 20.9. The van der Waals surface area contributed by atoms with Crippen LogP contribution in [-0.4, -0.2) is 70.9 Å². The van der Waals surface area contributed by atoms with E-state index in [0.29, 0.717) is 72.5 Å². The number of nitrogens with one attached hydrogen (secondary N) is 1. The van der Waals surface area contributed by atoms with Crippen molar-refractivity contribution in [2.24, 2.45) is 0 Å². The van der Waals surface area contributed by atoms with Crippen molar-refractivity contribution < 1.29 is 22.0 Å². The molecule has 11 nitrogen and oxygen atoms in total. The molecule has 1 aliphatic carbocycles. The number of sulfonamides is 1. The monoisotopic (exact) mass is 584 g/mol. The molecule has 0 bridgehead atoms. The first-order chi connectivity index (χ1) is 19.2. The largest absolute Gasteiger partial charge is 0.367 e. The standard InChI is InChI=1S/C25H22F2N8O3S2/c26-21(27)22-30-31-24(39-22)35-20-13-17(40(37,38)32-25(15-28)6-7-25)12-19(18(20)14-29-35)33-8-10-34(11-9-33)23(36)16-4-2-1-3-5-16/h1-5,12-14,21,32H,6-11H2. The van der Waals surface area contributed by atoms with Crippen LogP contribution < -0.4 is 9.62 Å². The van der Waals surface area contributed by atoms with E-state index in [9.17, 15) is 27.3 Å². The SMILES string of the molecule is N#CC1(NS(=O)(=O)c2cc(N3CCN(C(=O)c4ccccc4)CC3)c3cnn(-c4nnc(C(F)F)s4)c3c2)CC1. The van der Waals surface area contributed by atoms with Crippen LogP contribution in [0.5, 0.6) is 0 Å². The van der Waals surface area contributed by atoms with Crippen molar-refractivity contribution in [2.75, 3.05) is 31.1 Å². The molecule has 2 aromatic carbocycles. The molecule has 15 heteroatoms. The maximum absolute atomic E-state index is 13.4. The minimum absolute atomic E-state index is 0.0627. The molecule has 206 valence electrons. The number of nitriles is 1. The van der Waals surface area contributed by atoms with Crippen molar-refractivity contribution >= 4 is 43.9 Å². The first-order valence-electron chi connectivity index (χ1n) is 12.4. The van der Waals surface area contributed by atoms with Crippen molar-refractivity contribution in [2.45, 2.75) is 29.7 Å². The smallest absolute Gasteiger partial charge is 0.291 e. The van der Waals surface area contributed by atoms with Crippen molar-refractivity contribution in [1.29, 1.82) is 5.26 Å². The fourth-order valence-electron chi connectivity index (χ4n) is 4.64. The summed E-state index contributed by atoms with van der Waals surface area (Å²) in [7, 11) is -4.12. The summed E-state index contributed by atoms with van der Waals surface area (Å²) >= 11 is 0.656. The van der Waals surface area contributed by atoms with Gasteiger partial charge in [-0.05, 0) is 37.1 Å². The minimum Gasteiger partial charge on any atom is -0.367 e. The second kappa shape index (κ2) is 9.88. The number of benzene rings is 2. The molecule has 0 radical (unpaired) electrons. The quantitative estimate of drug-likeness (QED) is 0.350. The van der Waals surface area contributed by atoms with Gasteiger partial charge in [0, 0.05) is 42.8 Å². The van der Waals surface area contributed by atoms with Gasteiger partial charge in [-0.25, -0.2) is 21.9 Å². The average Bonchev–Trinajstić information content (AvgIpc) is 3.34. The highest BCUT2D eigenvalue weighted by molar-refractivity contribution is 7.89.